The Morgan fingerprint density at radius 2 is 1.81 bits per heavy atom. The maximum atomic E-state index is 12.8. The Hall–Kier alpha value is -2.65. The first-order valence-electron chi connectivity index (χ1n) is 8.11. The molecule has 0 aliphatic carbocycles. The number of aryl methyl sites for hydroxylation is 4. The maximum absolute atomic E-state index is 12.8. The Morgan fingerprint density at radius 1 is 1.07 bits per heavy atom. The molecule has 0 aliphatic heterocycles. The number of aromatic nitrogens is 1. The molecule has 0 fully saturated rings. The zero-order chi connectivity index (χ0) is 19.8. The van der Waals surface area contributed by atoms with Gasteiger partial charge in [-0.15, -0.1) is 11.3 Å². The second-order valence-electron chi connectivity index (χ2n) is 6.21. The number of hydrogen-bond donors (Lipinski definition) is 2. The molecule has 2 aromatic heterocycles. The van der Waals surface area contributed by atoms with Crippen LogP contribution in [0.3, 0.4) is 0 Å². The molecule has 9 heteroatoms. The first-order chi connectivity index (χ1) is 12.7. The van der Waals surface area contributed by atoms with Crippen LogP contribution in [0.15, 0.2) is 39.8 Å². The number of amides is 1. The number of nitrogens with one attached hydrogen (secondary N) is 2. The number of rotatable bonds is 5. The normalized spacial score (nSPS) is 11.4. The summed E-state index contributed by atoms with van der Waals surface area (Å²) < 4.78 is 33.0. The highest BCUT2D eigenvalue weighted by atomic mass is 32.2. The summed E-state index contributed by atoms with van der Waals surface area (Å²) in [6.45, 7) is 7.24. The highest BCUT2D eigenvalue weighted by Gasteiger charge is 2.23. The van der Waals surface area contributed by atoms with Gasteiger partial charge in [-0.05, 0) is 57.0 Å². The lowest BCUT2D eigenvalue weighted by Crippen LogP contribution is -2.14. The molecule has 1 amide bonds. The van der Waals surface area contributed by atoms with Crippen molar-refractivity contribution >= 4 is 38.8 Å². The molecule has 0 bridgehead atoms. The Morgan fingerprint density at radius 3 is 2.44 bits per heavy atom. The third-order valence-corrected chi connectivity index (χ3v) is 6.70. The molecule has 7 nitrogen and oxygen atoms in total. The summed E-state index contributed by atoms with van der Waals surface area (Å²) in [7, 11) is -3.81. The van der Waals surface area contributed by atoms with E-state index >= 15 is 0 Å². The van der Waals surface area contributed by atoms with Crippen LogP contribution < -0.4 is 10.0 Å². The Kier molecular flexibility index (Phi) is 5.07. The van der Waals surface area contributed by atoms with Gasteiger partial charge >= 0.3 is 0 Å². The SMILES string of the molecule is Cc1cc(NC(=O)c2cc(S(=O)(=O)Nc3ccc(C)c(C)c3)c(C)s2)no1. The maximum Gasteiger partial charge on any atom is 0.267 e. The summed E-state index contributed by atoms with van der Waals surface area (Å²) >= 11 is 1.10. The van der Waals surface area contributed by atoms with Crippen LogP contribution >= 0.6 is 11.3 Å². The van der Waals surface area contributed by atoms with E-state index in [1.54, 1.807) is 32.0 Å². The monoisotopic (exact) mass is 405 g/mol. The second-order valence-corrected chi connectivity index (χ2v) is 9.12. The van der Waals surface area contributed by atoms with Crippen molar-refractivity contribution in [3.05, 3.63) is 57.0 Å². The van der Waals surface area contributed by atoms with Gasteiger partial charge in [0.15, 0.2) is 5.82 Å². The molecule has 0 saturated heterocycles. The van der Waals surface area contributed by atoms with E-state index in [4.69, 9.17) is 4.52 Å². The highest BCUT2D eigenvalue weighted by Crippen LogP contribution is 2.28. The number of sulfonamides is 1. The number of hydrogen-bond acceptors (Lipinski definition) is 6. The second kappa shape index (κ2) is 7.16. The highest BCUT2D eigenvalue weighted by molar-refractivity contribution is 7.93. The first kappa shape index (κ1) is 19.1. The van der Waals surface area contributed by atoms with Crippen molar-refractivity contribution in [3.63, 3.8) is 0 Å². The fourth-order valence-electron chi connectivity index (χ4n) is 2.46. The zero-order valence-electron chi connectivity index (χ0n) is 15.3. The van der Waals surface area contributed by atoms with Gasteiger partial charge in [-0.3, -0.25) is 9.52 Å². The van der Waals surface area contributed by atoms with Gasteiger partial charge in [0, 0.05) is 16.6 Å². The Balaban J connectivity index is 1.83. The number of carbonyl (C=O) groups excluding carboxylic acids is 1. The lowest BCUT2D eigenvalue weighted by molar-refractivity contribution is 0.102. The Labute approximate surface area is 161 Å². The minimum absolute atomic E-state index is 0.0761. The molecular formula is C18H19N3O4S2. The molecule has 142 valence electrons. The molecule has 0 spiro atoms. The average molecular weight is 406 g/mol. The van der Waals surface area contributed by atoms with Crippen molar-refractivity contribution in [2.75, 3.05) is 10.0 Å². The van der Waals surface area contributed by atoms with Crippen LogP contribution in [-0.2, 0) is 10.0 Å². The number of benzene rings is 1. The number of carbonyl (C=O) groups is 1. The Bertz CT molecular complexity index is 1110. The summed E-state index contributed by atoms with van der Waals surface area (Å²) in [5.41, 5.74) is 2.54. The summed E-state index contributed by atoms with van der Waals surface area (Å²) in [5.74, 6) is 0.402. The van der Waals surface area contributed by atoms with Gasteiger partial charge in [0.2, 0.25) is 0 Å². The molecule has 1 aromatic carbocycles. The quantitative estimate of drug-likeness (QED) is 0.667. The molecule has 2 heterocycles. The van der Waals surface area contributed by atoms with Gasteiger partial charge in [-0.1, -0.05) is 11.2 Å². The lowest BCUT2D eigenvalue weighted by Gasteiger charge is -2.09. The van der Waals surface area contributed by atoms with E-state index in [-0.39, 0.29) is 15.6 Å². The first-order valence-corrected chi connectivity index (χ1v) is 10.4. The molecule has 0 saturated carbocycles. The molecule has 3 aromatic rings. The predicted octanol–water partition coefficient (Wildman–Crippen LogP) is 4.02. The van der Waals surface area contributed by atoms with Gasteiger partial charge in [-0.2, -0.15) is 0 Å². The van der Waals surface area contributed by atoms with E-state index in [1.165, 1.54) is 6.07 Å². The lowest BCUT2D eigenvalue weighted by atomic mass is 10.1. The standard InChI is InChI=1S/C18H19N3O4S2/c1-10-5-6-14(7-11(10)2)21-27(23,24)16-9-15(26-13(16)4)18(22)19-17-8-12(3)25-20-17/h5-9,21H,1-4H3,(H,19,20,22). The topological polar surface area (TPSA) is 101 Å². The van der Waals surface area contributed by atoms with Crippen molar-refractivity contribution in [1.29, 1.82) is 0 Å². The largest absolute Gasteiger partial charge is 0.360 e. The van der Waals surface area contributed by atoms with Crippen molar-refractivity contribution in [2.24, 2.45) is 0 Å². The van der Waals surface area contributed by atoms with Crippen LogP contribution in [0.4, 0.5) is 11.5 Å². The van der Waals surface area contributed by atoms with Gasteiger partial charge in [0.1, 0.15) is 10.7 Å². The smallest absolute Gasteiger partial charge is 0.267 e. The molecular weight excluding hydrogens is 386 g/mol. The van der Waals surface area contributed by atoms with Crippen LogP contribution in [0.2, 0.25) is 0 Å². The molecule has 0 atom stereocenters. The molecule has 2 N–H and O–H groups in total. The number of anilines is 2. The summed E-state index contributed by atoms with van der Waals surface area (Å²) in [6, 6.07) is 8.28. The van der Waals surface area contributed by atoms with Crippen LogP contribution in [0, 0.1) is 27.7 Å². The van der Waals surface area contributed by atoms with Crippen molar-refractivity contribution in [3.8, 4) is 0 Å². The van der Waals surface area contributed by atoms with E-state index in [2.05, 4.69) is 15.2 Å². The van der Waals surface area contributed by atoms with Crippen LogP contribution in [0.5, 0.6) is 0 Å². The van der Waals surface area contributed by atoms with Gasteiger partial charge < -0.3 is 9.84 Å². The minimum Gasteiger partial charge on any atom is -0.360 e. The van der Waals surface area contributed by atoms with E-state index < -0.39 is 15.9 Å². The van der Waals surface area contributed by atoms with Gasteiger partial charge in [0.25, 0.3) is 15.9 Å². The van der Waals surface area contributed by atoms with Crippen molar-refractivity contribution < 1.29 is 17.7 Å². The molecule has 0 radical (unpaired) electrons. The average Bonchev–Trinajstić information content (AvgIpc) is 3.17. The fourth-order valence-corrected chi connectivity index (χ4v) is 5.00. The van der Waals surface area contributed by atoms with Crippen LogP contribution in [-0.4, -0.2) is 19.5 Å². The van der Waals surface area contributed by atoms with E-state index in [9.17, 15) is 13.2 Å². The summed E-state index contributed by atoms with van der Waals surface area (Å²) in [5, 5.41) is 6.28. The predicted molar refractivity (Wildman–Crippen MR) is 105 cm³/mol. The van der Waals surface area contributed by atoms with E-state index in [1.807, 2.05) is 19.9 Å². The molecule has 27 heavy (non-hydrogen) atoms. The third-order valence-electron chi connectivity index (χ3n) is 4.01. The molecule has 3 rings (SSSR count). The zero-order valence-corrected chi connectivity index (χ0v) is 16.9. The third kappa shape index (κ3) is 4.20. The van der Waals surface area contributed by atoms with Gasteiger partial charge in [0.05, 0.1) is 4.88 Å². The van der Waals surface area contributed by atoms with Gasteiger partial charge in [-0.25, -0.2) is 8.42 Å². The number of nitrogens with zero attached hydrogens (tertiary/aromatic N) is 1. The molecule has 0 unspecified atom stereocenters. The molecule has 0 aliphatic rings. The van der Waals surface area contributed by atoms with Crippen LogP contribution in [0.25, 0.3) is 0 Å². The van der Waals surface area contributed by atoms with E-state index in [0.29, 0.717) is 16.3 Å². The fraction of sp³-hybridized carbons (Fsp3) is 0.222. The number of thiophene rings is 1. The summed E-state index contributed by atoms with van der Waals surface area (Å²) in [6.07, 6.45) is 0. The van der Waals surface area contributed by atoms with E-state index in [0.717, 1.165) is 22.5 Å². The summed E-state index contributed by atoms with van der Waals surface area (Å²) in [4.78, 5) is 13.2. The minimum atomic E-state index is -3.81. The van der Waals surface area contributed by atoms with Crippen molar-refractivity contribution in [1.82, 2.24) is 5.16 Å². The van der Waals surface area contributed by atoms with Crippen molar-refractivity contribution in [2.45, 2.75) is 32.6 Å². The van der Waals surface area contributed by atoms with Crippen LogP contribution in [0.1, 0.15) is 31.4 Å².